The maximum Gasteiger partial charge on any atom is 0.490 e. The molecule has 3 heterocycles. The van der Waals surface area contributed by atoms with Crippen LogP contribution in [0.4, 0.5) is 18.9 Å². The molecule has 8 nitrogen and oxygen atoms in total. The highest BCUT2D eigenvalue weighted by Gasteiger charge is 2.38. The van der Waals surface area contributed by atoms with Crippen molar-refractivity contribution in [2.45, 2.75) is 19.3 Å². The average Bonchev–Trinajstić information content (AvgIpc) is 3.58. The number of pyridine rings is 1. The van der Waals surface area contributed by atoms with Crippen LogP contribution in [0.2, 0.25) is 0 Å². The fourth-order valence-electron chi connectivity index (χ4n) is 3.50. The molecule has 0 aliphatic rings. The van der Waals surface area contributed by atoms with Gasteiger partial charge in [0.1, 0.15) is 12.1 Å². The van der Waals surface area contributed by atoms with Crippen LogP contribution in [-0.4, -0.2) is 43.1 Å². The number of para-hydroxylation sites is 1. The van der Waals surface area contributed by atoms with Gasteiger partial charge in [-0.15, -0.1) is 5.10 Å². The number of carboxylic acid groups (broad SMARTS) is 1. The first-order valence-electron chi connectivity index (χ1n) is 11.1. The third-order valence-corrected chi connectivity index (χ3v) is 6.08. The Hall–Kier alpha value is -4.58. The van der Waals surface area contributed by atoms with Gasteiger partial charge in [0.15, 0.2) is 0 Å². The molecule has 0 aliphatic heterocycles. The first-order chi connectivity index (χ1) is 18.2. The summed E-state index contributed by atoms with van der Waals surface area (Å²) in [7, 11) is 0. The van der Waals surface area contributed by atoms with Gasteiger partial charge >= 0.3 is 12.1 Å². The summed E-state index contributed by atoms with van der Waals surface area (Å²) in [4.78, 5) is 28.2. The summed E-state index contributed by atoms with van der Waals surface area (Å²) >= 11 is 1.62. The first kappa shape index (κ1) is 26.5. The minimum Gasteiger partial charge on any atom is -0.475 e. The number of benzene rings is 2. The Kier molecular flexibility index (Phi) is 8.12. The monoisotopic (exact) mass is 539 g/mol. The predicted octanol–water partition coefficient (Wildman–Crippen LogP) is 5.42. The topological polar surface area (TPSA) is 101 Å². The van der Waals surface area contributed by atoms with Crippen LogP contribution in [0.5, 0.6) is 0 Å². The van der Waals surface area contributed by atoms with Crippen LogP contribution < -0.4 is 4.90 Å². The maximum atomic E-state index is 13.4. The van der Waals surface area contributed by atoms with Crippen molar-refractivity contribution in [2.24, 2.45) is 0 Å². The van der Waals surface area contributed by atoms with E-state index in [1.54, 1.807) is 27.1 Å². The molecule has 0 atom stereocenters. The number of fused-ring (bicyclic) bond motifs is 1. The molecule has 5 aromatic rings. The third-order valence-electron chi connectivity index (χ3n) is 5.34. The number of alkyl halides is 3. The van der Waals surface area contributed by atoms with Crippen molar-refractivity contribution >= 4 is 39.9 Å². The van der Waals surface area contributed by atoms with E-state index in [4.69, 9.17) is 9.90 Å². The van der Waals surface area contributed by atoms with E-state index >= 15 is 0 Å². The normalized spacial score (nSPS) is 11.0. The van der Waals surface area contributed by atoms with E-state index in [0.29, 0.717) is 6.54 Å². The van der Waals surface area contributed by atoms with Crippen LogP contribution in [0.3, 0.4) is 0 Å². The lowest BCUT2D eigenvalue weighted by molar-refractivity contribution is -0.192. The van der Waals surface area contributed by atoms with Gasteiger partial charge < -0.3 is 10.0 Å². The molecule has 0 radical (unpaired) electrons. The molecule has 0 fully saturated rings. The van der Waals surface area contributed by atoms with Crippen molar-refractivity contribution in [3.63, 3.8) is 0 Å². The molecular weight excluding hydrogens is 519 g/mol. The van der Waals surface area contributed by atoms with Gasteiger partial charge in [-0.2, -0.15) is 24.5 Å². The second-order valence-corrected chi connectivity index (χ2v) is 8.72. The van der Waals surface area contributed by atoms with Crippen LogP contribution in [0.15, 0.2) is 89.9 Å². The summed E-state index contributed by atoms with van der Waals surface area (Å²) in [6.07, 6.45) is -1.49. The quantitative estimate of drug-likeness (QED) is 0.309. The Bertz CT molecular complexity index is 1500. The van der Waals surface area contributed by atoms with E-state index in [-0.39, 0.29) is 12.5 Å². The molecule has 0 unspecified atom stereocenters. The molecule has 3 aromatic heterocycles. The predicted molar refractivity (Wildman–Crippen MR) is 136 cm³/mol. The van der Waals surface area contributed by atoms with Gasteiger partial charge in [-0.1, -0.05) is 35.5 Å². The van der Waals surface area contributed by atoms with Crippen molar-refractivity contribution in [2.75, 3.05) is 4.90 Å². The summed E-state index contributed by atoms with van der Waals surface area (Å²) in [6.45, 7) is 0.621. The van der Waals surface area contributed by atoms with Gasteiger partial charge in [0, 0.05) is 18.1 Å². The van der Waals surface area contributed by atoms with Gasteiger partial charge in [0.05, 0.1) is 12.1 Å². The fraction of sp³-hybridized carbons (Fsp3) is 0.115. The minimum absolute atomic E-state index is 0.0454. The maximum absolute atomic E-state index is 13.4. The minimum atomic E-state index is -5.08. The number of aromatic nitrogens is 4. The lowest BCUT2D eigenvalue weighted by Crippen LogP contribution is -2.33. The van der Waals surface area contributed by atoms with Crippen molar-refractivity contribution in [3.8, 4) is 11.1 Å². The van der Waals surface area contributed by atoms with Crippen LogP contribution in [0.1, 0.15) is 5.56 Å². The number of thiophene rings is 1. The van der Waals surface area contributed by atoms with Crippen molar-refractivity contribution < 1.29 is 27.9 Å². The lowest BCUT2D eigenvalue weighted by atomic mass is 10.1. The molecule has 5 rings (SSSR count). The van der Waals surface area contributed by atoms with E-state index in [1.165, 1.54) is 0 Å². The van der Waals surface area contributed by atoms with Gasteiger partial charge in [-0.05, 0) is 63.8 Å². The Morgan fingerprint density at radius 3 is 2.34 bits per heavy atom. The molecule has 2 aromatic carbocycles. The van der Waals surface area contributed by atoms with E-state index in [0.717, 1.165) is 33.4 Å². The number of rotatable bonds is 6. The number of amides is 1. The molecule has 0 bridgehead atoms. The standard InChI is InChI=1S/C24H19N5OS.C2HF3O2/c30-24(16-29-23-6-2-1-5-22(23)26-27-29)28(15-18-11-13-31-17-18)21-9-7-19(8-10-21)20-4-3-12-25-14-20;3-2(4,5)1(6)7/h1-14,17H,15-16H2;(H,6,7). The summed E-state index contributed by atoms with van der Waals surface area (Å²) < 4.78 is 33.4. The second-order valence-electron chi connectivity index (χ2n) is 7.94. The zero-order chi connectivity index (χ0) is 27.1. The molecule has 194 valence electrons. The first-order valence-corrected chi connectivity index (χ1v) is 12.1. The van der Waals surface area contributed by atoms with Crippen LogP contribution in [0.25, 0.3) is 22.2 Å². The van der Waals surface area contributed by atoms with Crippen molar-refractivity contribution in [1.82, 2.24) is 20.0 Å². The van der Waals surface area contributed by atoms with Crippen molar-refractivity contribution in [1.29, 1.82) is 0 Å². The van der Waals surface area contributed by atoms with E-state index < -0.39 is 12.1 Å². The number of carboxylic acids is 1. The second kappa shape index (κ2) is 11.6. The molecule has 1 amide bonds. The Balaban J connectivity index is 0.000000426. The molecule has 1 N–H and O–H groups in total. The number of hydrogen-bond acceptors (Lipinski definition) is 6. The Morgan fingerprint density at radius 1 is 0.974 bits per heavy atom. The van der Waals surface area contributed by atoms with Gasteiger partial charge in [-0.3, -0.25) is 9.78 Å². The Morgan fingerprint density at radius 2 is 1.71 bits per heavy atom. The summed E-state index contributed by atoms with van der Waals surface area (Å²) in [5.74, 6) is -2.80. The summed E-state index contributed by atoms with van der Waals surface area (Å²) in [5, 5.41) is 19.6. The van der Waals surface area contributed by atoms with E-state index in [1.807, 2.05) is 78.3 Å². The molecule has 12 heteroatoms. The van der Waals surface area contributed by atoms with Gasteiger partial charge in [0.2, 0.25) is 5.91 Å². The number of carbonyl (C=O) groups is 2. The van der Waals surface area contributed by atoms with Gasteiger partial charge in [-0.25, -0.2) is 9.48 Å². The average molecular weight is 540 g/mol. The fourth-order valence-corrected chi connectivity index (χ4v) is 4.16. The number of aliphatic carboxylic acids is 1. The number of carbonyl (C=O) groups excluding carboxylic acids is 1. The zero-order valence-electron chi connectivity index (χ0n) is 19.6. The highest BCUT2D eigenvalue weighted by molar-refractivity contribution is 7.07. The molecule has 0 saturated heterocycles. The SMILES string of the molecule is O=C(Cn1nnc2ccccc21)N(Cc1ccsc1)c1ccc(-c2cccnc2)cc1.O=C(O)C(F)(F)F. The molecular formula is C26H20F3N5O3S. The third kappa shape index (κ3) is 6.59. The summed E-state index contributed by atoms with van der Waals surface area (Å²) in [5.41, 5.74) is 5.66. The van der Waals surface area contributed by atoms with Gasteiger partial charge in [0.25, 0.3) is 0 Å². The highest BCUT2D eigenvalue weighted by Crippen LogP contribution is 2.25. The van der Waals surface area contributed by atoms with Crippen molar-refractivity contribution in [3.05, 3.63) is 95.4 Å². The molecule has 0 saturated carbocycles. The van der Waals surface area contributed by atoms with E-state index in [9.17, 15) is 18.0 Å². The Labute approximate surface area is 218 Å². The molecule has 0 aliphatic carbocycles. The highest BCUT2D eigenvalue weighted by atomic mass is 32.1. The van der Waals surface area contributed by atoms with E-state index in [2.05, 4.69) is 20.7 Å². The van der Waals surface area contributed by atoms with Crippen LogP contribution >= 0.6 is 11.3 Å². The number of anilines is 1. The summed E-state index contributed by atoms with van der Waals surface area (Å²) in [6, 6.07) is 21.6. The van der Waals surface area contributed by atoms with Crippen LogP contribution in [-0.2, 0) is 22.7 Å². The molecule has 0 spiro atoms. The van der Waals surface area contributed by atoms with Crippen LogP contribution in [0, 0.1) is 0 Å². The number of hydrogen-bond donors (Lipinski definition) is 1. The largest absolute Gasteiger partial charge is 0.490 e. The number of halogens is 3. The smallest absolute Gasteiger partial charge is 0.475 e. The lowest BCUT2D eigenvalue weighted by Gasteiger charge is -2.23. The zero-order valence-corrected chi connectivity index (χ0v) is 20.4. The number of nitrogens with zero attached hydrogens (tertiary/aromatic N) is 5. The molecule has 38 heavy (non-hydrogen) atoms.